The van der Waals surface area contributed by atoms with Gasteiger partial charge in [-0.1, -0.05) is 19.1 Å². The van der Waals surface area contributed by atoms with E-state index in [2.05, 4.69) is 15.5 Å². The number of esters is 2. The molecule has 1 aliphatic rings. The Morgan fingerprint density at radius 1 is 0.949 bits per heavy atom. The summed E-state index contributed by atoms with van der Waals surface area (Å²) in [5, 5.41) is 21.4. The molecule has 1 aromatic heterocycles. The number of carbonyl (C=O) groups excluding carboxylic acids is 2. The van der Waals surface area contributed by atoms with Gasteiger partial charge in [-0.05, 0) is 58.4 Å². The van der Waals surface area contributed by atoms with Crippen molar-refractivity contribution in [2.75, 3.05) is 19.8 Å². The Balaban J connectivity index is 1.66. The number of nitrogens with one attached hydrogen (secondary N) is 2. The SMILES string of the molecule is CCCOC(=O)C1=C(C)NC(C)=C(C(=O)OCCCCCCOc2cc(C)[nH]n2)C1c1cccc([N+](=O)[O-])c1. The summed E-state index contributed by atoms with van der Waals surface area (Å²) in [6.07, 6.45) is 3.88. The van der Waals surface area contributed by atoms with Crippen LogP contribution in [-0.2, 0) is 19.1 Å². The van der Waals surface area contributed by atoms with Crippen LogP contribution in [0, 0.1) is 17.0 Å². The van der Waals surface area contributed by atoms with Crippen molar-refractivity contribution in [2.24, 2.45) is 0 Å². The number of unbranched alkanes of at least 4 members (excludes halogenated alkanes) is 3. The highest BCUT2D eigenvalue weighted by atomic mass is 16.6. The van der Waals surface area contributed by atoms with E-state index in [1.807, 2.05) is 19.9 Å². The fourth-order valence-electron chi connectivity index (χ4n) is 4.40. The van der Waals surface area contributed by atoms with Crippen molar-refractivity contribution in [2.45, 2.75) is 65.7 Å². The molecule has 0 fully saturated rings. The second-order valence-electron chi connectivity index (χ2n) is 9.41. The number of aryl methyl sites for hydroxylation is 1. The molecule has 2 aromatic rings. The van der Waals surface area contributed by atoms with Gasteiger partial charge in [0.05, 0.1) is 41.8 Å². The molecule has 1 aromatic carbocycles. The zero-order chi connectivity index (χ0) is 28.4. The second-order valence-corrected chi connectivity index (χ2v) is 9.41. The van der Waals surface area contributed by atoms with E-state index >= 15 is 0 Å². The molecular formula is C28H36N4O7. The summed E-state index contributed by atoms with van der Waals surface area (Å²) in [5.74, 6) is -1.46. The Labute approximate surface area is 227 Å². The molecule has 39 heavy (non-hydrogen) atoms. The molecule has 0 aliphatic carbocycles. The van der Waals surface area contributed by atoms with Crippen molar-refractivity contribution >= 4 is 17.6 Å². The van der Waals surface area contributed by atoms with Gasteiger partial charge in [-0.15, -0.1) is 5.10 Å². The Morgan fingerprint density at radius 3 is 2.18 bits per heavy atom. The lowest BCUT2D eigenvalue weighted by molar-refractivity contribution is -0.384. The van der Waals surface area contributed by atoms with Crippen LogP contribution in [0.3, 0.4) is 0 Å². The van der Waals surface area contributed by atoms with Crippen LogP contribution in [0.15, 0.2) is 52.9 Å². The number of aromatic nitrogens is 2. The van der Waals surface area contributed by atoms with Gasteiger partial charge in [0, 0.05) is 35.3 Å². The minimum absolute atomic E-state index is 0.137. The third-order valence-corrected chi connectivity index (χ3v) is 6.26. The minimum atomic E-state index is -0.870. The van der Waals surface area contributed by atoms with Crippen molar-refractivity contribution in [1.29, 1.82) is 0 Å². The number of allylic oxidation sites excluding steroid dienone is 2. The summed E-state index contributed by atoms with van der Waals surface area (Å²) in [6.45, 7) is 8.20. The van der Waals surface area contributed by atoms with E-state index in [1.165, 1.54) is 18.2 Å². The predicted octanol–water partition coefficient (Wildman–Crippen LogP) is 5.00. The van der Waals surface area contributed by atoms with E-state index in [0.29, 0.717) is 42.3 Å². The van der Waals surface area contributed by atoms with Crippen LogP contribution in [0.2, 0.25) is 0 Å². The monoisotopic (exact) mass is 540 g/mol. The van der Waals surface area contributed by atoms with Crippen molar-refractivity contribution < 1.29 is 28.7 Å². The highest BCUT2D eigenvalue weighted by molar-refractivity contribution is 6.00. The summed E-state index contributed by atoms with van der Waals surface area (Å²) in [7, 11) is 0. The van der Waals surface area contributed by atoms with Gasteiger partial charge in [0.25, 0.3) is 5.69 Å². The van der Waals surface area contributed by atoms with Gasteiger partial charge in [0.1, 0.15) is 0 Å². The average Bonchev–Trinajstić information content (AvgIpc) is 3.32. The number of rotatable bonds is 14. The first kappa shape index (κ1) is 29.4. The molecule has 1 aliphatic heterocycles. The molecule has 0 saturated heterocycles. The zero-order valence-electron chi connectivity index (χ0n) is 22.9. The van der Waals surface area contributed by atoms with Gasteiger partial charge in [0.2, 0.25) is 5.88 Å². The number of carbonyl (C=O) groups is 2. The maximum Gasteiger partial charge on any atom is 0.336 e. The number of dihydropyridines is 1. The zero-order valence-corrected chi connectivity index (χ0v) is 22.9. The topological polar surface area (TPSA) is 146 Å². The highest BCUT2D eigenvalue weighted by Crippen LogP contribution is 2.40. The van der Waals surface area contributed by atoms with E-state index in [1.54, 1.807) is 19.9 Å². The van der Waals surface area contributed by atoms with Crippen LogP contribution in [0.5, 0.6) is 5.88 Å². The summed E-state index contributed by atoms with van der Waals surface area (Å²) in [5.41, 5.74) is 2.74. The molecule has 3 rings (SSSR count). The van der Waals surface area contributed by atoms with E-state index in [4.69, 9.17) is 14.2 Å². The lowest BCUT2D eigenvalue weighted by atomic mass is 9.80. The van der Waals surface area contributed by atoms with Crippen LogP contribution in [0.4, 0.5) is 5.69 Å². The number of hydrogen-bond acceptors (Lipinski definition) is 9. The van der Waals surface area contributed by atoms with Crippen LogP contribution < -0.4 is 10.1 Å². The fourth-order valence-corrected chi connectivity index (χ4v) is 4.40. The number of ether oxygens (including phenoxy) is 3. The van der Waals surface area contributed by atoms with Crippen molar-refractivity contribution in [3.8, 4) is 5.88 Å². The van der Waals surface area contributed by atoms with Gasteiger partial charge in [-0.3, -0.25) is 15.2 Å². The summed E-state index contributed by atoms with van der Waals surface area (Å²) in [6, 6.07) is 7.78. The molecule has 0 saturated carbocycles. The van der Waals surface area contributed by atoms with Gasteiger partial charge in [-0.2, -0.15) is 0 Å². The van der Waals surface area contributed by atoms with Crippen LogP contribution in [-0.4, -0.2) is 46.9 Å². The van der Waals surface area contributed by atoms with Gasteiger partial charge < -0.3 is 19.5 Å². The number of benzene rings is 1. The molecule has 2 heterocycles. The maximum absolute atomic E-state index is 13.3. The van der Waals surface area contributed by atoms with Gasteiger partial charge in [-0.25, -0.2) is 9.59 Å². The molecule has 2 N–H and O–H groups in total. The second kappa shape index (κ2) is 14.1. The minimum Gasteiger partial charge on any atom is -0.477 e. The van der Waals surface area contributed by atoms with Gasteiger partial charge in [0.15, 0.2) is 0 Å². The van der Waals surface area contributed by atoms with Crippen molar-refractivity contribution in [1.82, 2.24) is 15.5 Å². The Morgan fingerprint density at radius 2 is 1.59 bits per heavy atom. The molecule has 0 amide bonds. The lowest BCUT2D eigenvalue weighted by Gasteiger charge is -2.30. The first-order valence-electron chi connectivity index (χ1n) is 13.1. The summed E-state index contributed by atoms with van der Waals surface area (Å²) < 4.78 is 16.6. The molecule has 0 bridgehead atoms. The summed E-state index contributed by atoms with van der Waals surface area (Å²) in [4.78, 5) is 37.4. The van der Waals surface area contributed by atoms with Crippen molar-refractivity contribution in [3.05, 3.63) is 74.2 Å². The molecule has 210 valence electrons. The number of aromatic amines is 1. The van der Waals surface area contributed by atoms with Crippen LogP contribution in [0.25, 0.3) is 0 Å². The summed E-state index contributed by atoms with van der Waals surface area (Å²) >= 11 is 0. The Hall–Kier alpha value is -4.15. The Kier molecular flexibility index (Phi) is 10.7. The molecule has 1 atom stereocenters. The normalized spacial score (nSPS) is 15.1. The van der Waals surface area contributed by atoms with E-state index in [0.717, 1.165) is 25.0 Å². The third-order valence-electron chi connectivity index (χ3n) is 6.26. The number of nitro benzene ring substituents is 1. The third kappa shape index (κ3) is 7.92. The molecule has 0 radical (unpaired) electrons. The van der Waals surface area contributed by atoms with Crippen LogP contribution in [0.1, 0.15) is 70.1 Å². The van der Waals surface area contributed by atoms with Crippen molar-refractivity contribution in [3.63, 3.8) is 0 Å². The molecule has 11 nitrogen and oxygen atoms in total. The predicted molar refractivity (Wildman–Crippen MR) is 144 cm³/mol. The molecule has 11 heteroatoms. The number of non-ortho nitro benzene ring substituents is 1. The van der Waals surface area contributed by atoms with E-state index < -0.39 is 22.8 Å². The first-order valence-corrected chi connectivity index (χ1v) is 13.1. The highest BCUT2D eigenvalue weighted by Gasteiger charge is 2.38. The number of nitrogens with zero attached hydrogens (tertiary/aromatic N) is 2. The lowest BCUT2D eigenvalue weighted by Crippen LogP contribution is -2.32. The average molecular weight is 541 g/mol. The standard InChI is InChI=1S/C28H36N4O7/c1-5-13-38-27(33)24-19(3)29-20(4)25(26(24)21-11-10-12-22(17-21)32(35)36)28(34)39-15-9-7-6-8-14-37-23-16-18(2)30-31-23/h10-12,16-17,26,29H,5-9,13-15H2,1-4H3,(H,30,31). The molecule has 0 spiro atoms. The molecule has 1 unspecified atom stereocenters. The van der Waals surface area contributed by atoms with Gasteiger partial charge >= 0.3 is 11.9 Å². The molecular weight excluding hydrogens is 504 g/mol. The Bertz CT molecular complexity index is 1250. The number of H-pyrrole nitrogens is 1. The largest absolute Gasteiger partial charge is 0.477 e. The quantitative estimate of drug-likeness (QED) is 0.146. The number of hydrogen-bond donors (Lipinski definition) is 2. The first-order chi connectivity index (χ1) is 18.7. The van der Waals surface area contributed by atoms with E-state index in [-0.39, 0.29) is 30.0 Å². The van der Waals surface area contributed by atoms with Crippen LogP contribution >= 0.6 is 0 Å². The fraction of sp³-hybridized carbons (Fsp3) is 0.464. The number of nitro groups is 1. The maximum atomic E-state index is 13.3. The smallest absolute Gasteiger partial charge is 0.336 e. The van der Waals surface area contributed by atoms with E-state index in [9.17, 15) is 19.7 Å².